The summed E-state index contributed by atoms with van der Waals surface area (Å²) in [6, 6.07) is 28.5. The van der Waals surface area contributed by atoms with Crippen LogP contribution in [0.15, 0.2) is 103 Å². The summed E-state index contributed by atoms with van der Waals surface area (Å²) in [4.78, 5) is 18.4. The van der Waals surface area contributed by atoms with Crippen LogP contribution in [0.4, 0.5) is 10.1 Å². The van der Waals surface area contributed by atoms with Gasteiger partial charge in [0, 0.05) is 28.5 Å². The second-order valence-electron chi connectivity index (χ2n) is 9.36. The molecule has 7 heteroatoms. The van der Waals surface area contributed by atoms with Crippen LogP contribution in [0.2, 0.25) is 0 Å². The number of hydrogen-bond donors (Lipinski definition) is 3. The van der Waals surface area contributed by atoms with Crippen LogP contribution in [0.3, 0.4) is 0 Å². The Morgan fingerprint density at radius 3 is 2.39 bits per heavy atom. The van der Waals surface area contributed by atoms with Crippen molar-refractivity contribution in [3.63, 3.8) is 0 Å². The second kappa shape index (κ2) is 10.0. The fraction of sp³-hybridized carbons (Fsp3) is 0.129. The molecule has 3 atom stereocenters. The van der Waals surface area contributed by atoms with E-state index in [0.29, 0.717) is 11.3 Å². The number of nitrogens with zero attached hydrogens (tertiary/aromatic N) is 1. The summed E-state index contributed by atoms with van der Waals surface area (Å²) in [7, 11) is 0. The van der Waals surface area contributed by atoms with Gasteiger partial charge in [-0.3, -0.25) is 4.79 Å². The lowest BCUT2D eigenvalue weighted by Gasteiger charge is -2.47. The molecule has 5 nitrogen and oxygen atoms in total. The van der Waals surface area contributed by atoms with Crippen molar-refractivity contribution >= 4 is 34.3 Å². The third kappa shape index (κ3) is 4.44. The van der Waals surface area contributed by atoms with Crippen molar-refractivity contribution in [3.05, 3.63) is 120 Å². The lowest BCUT2D eigenvalue weighted by Crippen LogP contribution is -2.57. The topological polar surface area (TPSA) is 76.6 Å². The number of aromatic hydroxyl groups is 1. The van der Waals surface area contributed by atoms with Crippen LogP contribution in [0.1, 0.15) is 23.3 Å². The highest BCUT2D eigenvalue weighted by Gasteiger charge is 2.49. The predicted octanol–water partition coefficient (Wildman–Crippen LogP) is 6.60. The Labute approximate surface area is 223 Å². The Hall–Kier alpha value is -4.07. The summed E-state index contributed by atoms with van der Waals surface area (Å²) in [5.41, 5.74) is 5.53. The summed E-state index contributed by atoms with van der Waals surface area (Å²) < 4.78 is 13.3. The average molecular weight is 525 g/mol. The molecule has 1 aromatic heterocycles. The third-order valence-corrected chi connectivity index (χ3v) is 8.35. The van der Waals surface area contributed by atoms with Gasteiger partial charge in [-0.2, -0.15) is 0 Å². The molecule has 2 heterocycles. The van der Waals surface area contributed by atoms with Gasteiger partial charge in [0.2, 0.25) is 5.91 Å². The molecule has 190 valence electrons. The largest absolute Gasteiger partial charge is 0.508 e. The van der Waals surface area contributed by atoms with Crippen LogP contribution in [-0.2, 0) is 4.79 Å². The fourth-order valence-corrected chi connectivity index (χ4v) is 6.32. The number of phenols is 1. The van der Waals surface area contributed by atoms with E-state index >= 15 is 0 Å². The number of carbonyl (C=O) groups excluding carboxylic acids is 1. The minimum absolute atomic E-state index is 0.0418. The Kier molecular flexibility index (Phi) is 6.39. The number of phenolic OH excluding ortho intramolecular Hbond substituents is 1. The molecule has 0 aliphatic carbocycles. The lowest BCUT2D eigenvalue weighted by atomic mass is 9.91. The monoisotopic (exact) mass is 524 g/mol. The molecule has 4 aromatic carbocycles. The quantitative estimate of drug-likeness (QED) is 0.210. The molecule has 0 unspecified atom stereocenters. The van der Waals surface area contributed by atoms with E-state index in [9.17, 15) is 19.4 Å². The summed E-state index contributed by atoms with van der Waals surface area (Å²) in [5, 5.41) is 21.2. The zero-order valence-electron chi connectivity index (χ0n) is 20.3. The third-order valence-electron chi connectivity index (χ3n) is 7.02. The molecule has 1 saturated heterocycles. The van der Waals surface area contributed by atoms with Gasteiger partial charge in [-0.25, -0.2) is 4.39 Å². The van der Waals surface area contributed by atoms with Crippen molar-refractivity contribution in [3.8, 4) is 16.9 Å². The van der Waals surface area contributed by atoms with Gasteiger partial charge in [-0.05, 0) is 70.8 Å². The van der Waals surface area contributed by atoms with Crippen molar-refractivity contribution in [1.82, 2.24) is 4.98 Å². The van der Waals surface area contributed by atoms with Crippen molar-refractivity contribution in [2.75, 3.05) is 10.7 Å². The zero-order valence-corrected chi connectivity index (χ0v) is 21.1. The Balaban J connectivity index is 1.25. The summed E-state index contributed by atoms with van der Waals surface area (Å²) in [6.07, 6.45) is 1.10. The van der Waals surface area contributed by atoms with Crippen LogP contribution < -0.4 is 4.90 Å². The zero-order chi connectivity index (χ0) is 26.2. The highest BCUT2D eigenvalue weighted by Crippen LogP contribution is 2.46. The molecule has 3 N–H and O–H groups in total. The van der Waals surface area contributed by atoms with Gasteiger partial charge in [0.25, 0.3) is 0 Å². The number of thioether (sulfide) groups is 1. The number of rotatable bonds is 7. The summed E-state index contributed by atoms with van der Waals surface area (Å²) in [6.45, 7) is 0. The molecule has 1 aliphatic heterocycles. The Morgan fingerprint density at radius 1 is 0.921 bits per heavy atom. The van der Waals surface area contributed by atoms with Gasteiger partial charge in [-0.1, -0.05) is 48.5 Å². The maximum atomic E-state index is 13.4. The number of fused-ring (bicyclic) bond motifs is 1. The fourth-order valence-electron chi connectivity index (χ4n) is 5.02. The van der Waals surface area contributed by atoms with Crippen LogP contribution in [0.25, 0.3) is 22.0 Å². The number of nitrogens with one attached hydrogen (secondary N) is 1. The average Bonchev–Trinajstić information content (AvgIpc) is 3.42. The highest BCUT2D eigenvalue weighted by molar-refractivity contribution is 8.00. The highest BCUT2D eigenvalue weighted by atomic mass is 32.2. The molecule has 0 radical (unpaired) electrons. The number of carbonyl (C=O) groups is 1. The maximum absolute atomic E-state index is 13.4. The molecule has 38 heavy (non-hydrogen) atoms. The molecule has 0 spiro atoms. The van der Waals surface area contributed by atoms with Gasteiger partial charge >= 0.3 is 0 Å². The van der Waals surface area contributed by atoms with Crippen LogP contribution >= 0.6 is 11.8 Å². The predicted molar refractivity (Wildman–Crippen MR) is 150 cm³/mol. The molecular weight excluding hydrogens is 499 g/mol. The molecule has 1 fully saturated rings. The smallest absolute Gasteiger partial charge is 0.243 e. The van der Waals surface area contributed by atoms with Crippen molar-refractivity contribution in [2.24, 2.45) is 0 Å². The number of amides is 1. The number of aliphatic hydroxyl groups is 1. The first kappa shape index (κ1) is 24.3. The summed E-state index contributed by atoms with van der Waals surface area (Å²) in [5.74, 6) is 0.0519. The molecular formula is C31H25FN2O3S. The second-order valence-corrected chi connectivity index (χ2v) is 10.5. The van der Waals surface area contributed by atoms with Crippen LogP contribution in [-0.4, -0.2) is 32.1 Å². The molecule has 6 rings (SSSR count). The van der Waals surface area contributed by atoms with Gasteiger partial charge in [-0.15, -0.1) is 11.8 Å². The summed E-state index contributed by atoms with van der Waals surface area (Å²) >= 11 is 1.39. The number of anilines is 1. The van der Waals surface area contributed by atoms with E-state index in [4.69, 9.17) is 0 Å². The number of halogens is 1. The molecule has 0 bridgehead atoms. The number of hydrogen-bond acceptors (Lipinski definition) is 4. The number of aromatic amines is 1. The number of aliphatic hydroxyl groups excluding tert-OH is 1. The SMILES string of the molecule is O=C1[C@H](SC[C@@H](O)c2ccc(F)cc2)[C@@H](c2ccc(O)cc2)N1c1ccc(-c2cccc3[nH]ccc23)cc1. The number of H-pyrrole nitrogens is 1. The van der Waals surface area contributed by atoms with E-state index in [1.54, 1.807) is 29.2 Å². The Morgan fingerprint density at radius 2 is 1.66 bits per heavy atom. The number of β-lactam (4-membered cyclic amide) rings is 1. The van der Waals surface area contributed by atoms with E-state index < -0.39 is 11.4 Å². The van der Waals surface area contributed by atoms with E-state index in [1.165, 1.54) is 23.9 Å². The Bertz CT molecular complexity index is 1580. The minimum Gasteiger partial charge on any atom is -0.508 e. The number of aromatic nitrogens is 1. The first-order chi connectivity index (χ1) is 18.5. The lowest BCUT2D eigenvalue weighted by molar-refractivity contribution is -0.123. The standard InChI is InChI=1S/C31H25FN2O3S/c32-22-10-4-20(5-11-22)28(36)18-38-30-29(21-8-14-24(35)15-9-21)34(31(30)37)23-12-6-19(7-13-23)25-2-1-3-27-26(25)16-17-33-27/h1-17,28-30,33,35-36H,18H2/t28-,29-,30-/m1/s1. The molecule has 0 saturated carbocycles. The van der Waals surface area contributed by atoms with Gasteiger partial charge in [0.05, 0.1) is 12.1 Å². The maximum Gasteiger partial charge on any atom is 0.243 e. The van der Waals surface area contributed by atoms with Crippen molar-refractivity contribution in [2.45, 2.75) is 17.4 Å². The van der Waals surface area contributed by atoms with E-state index in [1.807, 2.05) is 54.7 Å². The molecule has 1 aliphatic rings. The van der Waals surface area contributed by atoms with Gasteiger partial charge in [0.1, 0.15) is 16.8 Å². The first-order valence-corrected chi connectivity index (χ1v) is 13.4. The van der Waals surface area contributed by atoms with Gasteiger partial charge in [0.15, 0.2) is 0 Å². The van der Waals surface area contributed by atoms with Crippen molar-refractivity contribution < 1.29 is 19.4 Å². The van der Waals surface area contributed by atoms with E-state index in [2.05, 4.69) is 17.1 Å². The van der Waals surface area contributed by atoms with Crippen molar-refractivity contribution in [1.29, 1.82) is 0 Å². The normalized spacial score (nSPS) is 17.9. The minimum atomic E-state index is -0.821. The van der Waals surface area contributed by atoms with Gasteiger partial charge < -0.3 is 20.1 Å². The van der Waals surface area contributed by atoms with Crippen LogP contribution in [0, 0.1) is 5.82 Å². The van der Waals surface area contributed by atoms with Crippen LogP contribution in [0.5, 0.6) is 5.75 Å². The first-order valence-electron chi connectivity index (χ1n) is 12.3. The number of benzene rings is 4. The van der Waals surface area contributed by atoms with E-state index in [-0.39, 0.29) is 23.5 Å². The molecule has 5 aromatic rings. The molecule has 1 amide bonds. The van der Waals surface area contributed by atoms with E-state index in [0.717, 1.165) is 33.3 Å².